The first-order valence-corrected chi connectivity index (χ1v) is 13.8. The molecule has 0 saturated heterocycles. The largest absolute Gasteiger partial charge is 0.493 e. The highest BCUT2D eigenvalue weighted by Gasteiger charge is 2.59. The van der Waals surface area contributed by atoms with Crippen molar-refractivity contribution in [3.63, 3.8) is 0 Å². The highest BCUT2D eigenvalue weighted by Crippen LogP contribution is 2.67. The summed E-state index contributed by atoms with van der Waals surface area (Å²) in [5.41, 5.74) is 2.23. The normalized spacial score (nSPS) is 38.2. The van der Waals surface area contributed by atoms with E-state index in [9.17, 15) is 14.9 Å². The average molecular weight is 496 g/mol. The Kier molecular flexibility index (Phi) is 6.78. The van der Waals surface area contributed by atoms with Crippen LogP contribution in [0.4, 0.5) is 5.69 Å². The standard InChI is InChI=1S/C30H41NO5/c1-19(18-36-23-6-10-28(31(33)34)20(15-23)17-32)25-8-9-26-24-7-5-21-16-22(35-4)11-13-29(21,2)27(24)12-14-30(25,26)3/h5-6,10,15,17,19,22,24-27H,7-9,11-14,16,18H2,1-4H3/t19-,22+,24+,25-,26+,27+,29+,30-/m1/s1. The number of nitrogens with zero attached hydrogens (tertiary/aromatic N) is 1. The number of benzene rings is 1. The van der Waals surface area contributed by atoms with Crippen LogP contribution in [0.1, 0.15) is 82.5 Å². The van der Waals surface area contributed by atoms with Crippen LogP contribution >= 0.6 is 0 Å². The van der Waals surface area contributed by atoms with Gasteiger partial charge in [0.05, 0.1) is 23.2 Å². The molecule has 0 radical (unpaired) electrons. The lowest BCUT2D eigenvalue weighted by Gasteiger charge is -2.58. The van der Waals surface area contributed by atoms with Crippen molar-refractivity contribution >= 4 is 12.0 Å². The number of allylic oxidation sites excluding steroid dienone is 1. The summed E-state index contributed by atoms with van der Waals surface area (Å²) in [6.45, 7) is 7.95. The van der Waals surface area contributed by atoms with Gasteiger partial charge in [-0.25, -0.2) is 0 Å². The third-order valence-electron chi connectivity index (χ3n) is 11.0. The number of nitro benzene ring substituents is 1. The smallest absolute Gasteiger partial charge is 0.280 e. The topological polar surface area (TPSA) is 78.7 Å². The summed E-state index contributed by atoms with van der Waals surface area (Å²) in [5, 5.41) is 11.1. The highest BCUT2D eigenvalue weighted by molar-refractivity contribution is 5.82. The highest BCUT2D eigenvalue weighted by atomic mass is 16.6. The minimum absolute atomic E-state index is 0.0640. The van der Waals surface area contributed by atoms with Gasteiger partial charge in [0.1, 0.15) is 5.75 Å². The predicted molar refractivity (Wildman–Crippen MR) is 139 cm³/mol. The Bertz CT molecular complexity index is 1050. The van der Waals surface area contributed by atoms with Gasteiger partial charge in [0.2, 0.25) is 0 Å². The molecule has 0 bridgehead atoms. The lowest BCUT2D eigenvalue weighted by atomic mass is 9.47. The van der Waals surface area contributed by atoms with Crippen LogP contribution in [0.15, 0.2) is 29.8 Å². The molecule has 0 spiro atoms. The first-order chi connectivity index (χ1) is 17.2. The zero-order valence-corrected chi connectivity index (χ0v) is 22.2. The number of hydrogen-bond donors (Lipinski definition) is 0. The second kappa shape index (κ2) is 9.59. The average Bonchev–Trinajstić information content (AvgIpc) is 3.23. The second-order valence-electron chi connectivity index (χ2n) is 12.5. The number of carbonyl (C=O) groups excluding carboxylic acids is 1. The number of aldehydes is 1. The summed E-state index contributed by atoms with van der Waals surface area (Å²) < 4.78 is 11.8. The molecule has 196 valence electrons. The first-order valence-electron chi connectivity index (χ1n) is 13.8. The quantitative estimate of drug-likeness (QED) is 0.176. The molecule has 4 aliphatic rings. The maximum absolute atomic E-state index is 11.3. The van der Waals surface area contributed by atoms with Crippen molar-refractivity contribution in [3.8, 4) is 5.75 Å². The summed E-state index contributed by atoms with van der Waals surface area (Å²) in [6, 6.07) is 4.46. The molecular formula is C30H41NO5. The molecule has 36 heavy (non-hydrogen) atoms. The number of methoxy groups -OCH3 is 1. The first kappa shape index (κ1) is 25.4. The molecule has 6 nitrogen and oxygen atoms in total. The number of nitro groups is 1. The van der Waals surface area contributed by atoms with Gasteiger partial charge in [-0.15, -0.1) is 0 Å². The minimum Gasteiger partial charge on any atom is -0.493 e. The van der Waals surface area contributed by atoms with E-state index in [4.69, 9.17) is 9.47 Å². The van der Waals surface area contributed by atoms with E-state index in [1.165, 1.54) is 57.1 Å². The fraction of sp³-hybridized carbons (Fsp3) is 0.700. The van der Waals surface area contributed by atoms with Gasteiger partial charge in [0.15, 0.2) is 6.29 Å². The van der Waals surface area contributed by atoms with Crippen molar-refractivity contribution in [1.29, 1.82) is 0 Å². The van der Waals surface area contributed by atoms with Crippen molar-refractivity contribution in [3.05, 3.63) is 45.5 Å². The lowest BCUT2D eigenvalue weighted by molar-refractivity contribution is -0.385. The van der Waals surface area contributed by atoms with Crippen molar-refractivity contribution in [2.75, 3.05) is 13.7 Å². The summed E-state index contributed by atoms with van der Waals surface area (Å²) in [4.78, 5) is 21.9. The van der Waals surface area contributed by atoms with Gasteiger partial charge in [0.25, 0.3) is 5.69 Å². The SMILES string of the molecule is CO[C@H]1CC[C@@]2(C)C(=CC[C@H]3[C@@H]4CC[C@H]([C@H](C)COc5ccc([N+](=O)[O-])c(C=O)c5)[C@@]4(C)CC[C@@H]32)C1. The number of fused-ring (bicyclic) bond motifs is 5. The molecule has 1 aromatic rings. The molecule has 3 saturated carbocycles. The Labute approximate surface area is 215 Å². The van der Waals surface area contributed by atoms with Crippen LogP contribution in [0.2, 0.25) is 0 Å². The summed E-state index contributed by atoms with van der Waals surface area (Å²) in [6.07, 6.45) is 13.4. The molecule has 0 unspecified atom stereocenters. The van der Waals surface area contributed by atoms with Gasteiger partial charge in [-0.2, -0.15) is 0 Å². The maximum Gasteiger partial charge on any atom is 0.280 e. The van der Waals surface area contributed by atoms with Crippen LogP contribution in [-0.4, -0.2) is 31.0 Å². The van der Waals surface area contributed by atoms with E-state index in [2.05, 4.69) is 26.8 Å². The summed E-state index contributed by atoms with van der Waals surface area (Å²) in [5.74, 6) is 3.85. The monoisotopic (exact) mass is 495 g/mol. The van der Waals surface area contributed by atoms with Crippen molar-refractivity contribution in [2.45, 2.75) is 78.2 Å². The van der Waals surface area contributed by atoms with Gasteiger partial charge in [-0.05, 0) is 104 Å². The fourth-order valence-electron chi connectivity index (χ4n) is 9.03. The molecular weight excluding hydrogens is 454 g/mol. The molecule has 3 fully saturated rings. The van der Waals surface area contributed by atoms with E-state index in [-0.39, 0.29) is 11.3 Å². The molecule has 0 heterocycles. The Balaban J connectivity index is 1.28. The van der Waals surface area contributed by atoms with Crippen molar-refractivity contribution < 1.29 is 19.2 Å². The van der Waals surface area contributed by atoms with E-state index < -0.39 is 4.92 Å². The number of ether oxygens (including phenoxy) is 2. The van der Waals surface area contributed by atoms with E-state index >= 15 is 0 Å². The van der Waals surface area contributed by atoms with Gasteiger partial charge in [-0.1, -0.05) is 32.4 Å². The number of hydrogen-bond acceptors (Lipinski definition) is 5. The zero-order valence-electron chi connectivity index (χ0n) is 22.2. The predicted octanol–water partition coefficient (Wildman–Crippen LogP) is 7.02. The molecule has 0 N–H and O–H groups in total. The van der Waals surface area contributed by atoms with Gasteiger partial charge in [0, 0.05) is 13.2 Å². The van der Waals surface area contributed by atoms with E-state index in [0.29, 0.717) is 47.4 Å². The molecule has 0 aliphatic heterocycles. The fourth-order valence-corrected chi connectivity index (χ4v) is 9.03. The summed E-state index contributed by atoms with van der Waals surface area (Å²) in [7, 11) is 1.86. The molecule has 4 aliphatic carbocycles. The lowest BCUT2D eigenvalue weighted by Crippen LogP contribution is -2.51. The van der Waals surface area contributed by atoms with Crippen molar-refractivity contribution in [1.82, 2.24) is 0 Å². The minimum atomic E-state index is -0.529. The van der Waals surface area contributed by atoms with Crippen LogP contribution in [0, 0.1) is 50.5 Å². The third-order valence-corrected chi connectivity index (χ3v) is 11.0. The van der Waals surface area contributed by atoms with E-state index in [1.54, 1.807) is 11.6 Å². The van der Waals surface area contributed by atoms with E-state index in [0.717, 1.165) is 24.2 Å². The molecule has 0 aromatic heterocycles. The molecule has 8 atom stereocenters. The van der Waals surface area contributed by atoms with Crippen LogP contribution in [0.3, 0.4) is 0 Å². The Morgan fingerprint density at radius 2 is 1.97 bits per heavy atom. The Morgan fingerprint density at radius 1 is 1.17 bits per heavy atom. The van der Waals surface area contributed by atoms with Crippen LogP contribution in [-0.2, 0) is 4.74 Å². The maximum atomic E-state index is 11.3. The number of rotatable bonds is 7. The molecule has 1 aromatic carbocycles. The van der Waals surface area contributed by atoms with Gasteiger partial charge >= 0.3 is 0 Å². The van der Waals surface area contributed by atoms with Crippen LogP contribution in [0.5, 0.6) is 5.75 Å². The Morgan fingerprint density at radius 3 is 2.69 bits per heavy atom. The van der Waals surface area contributed by atoms with E-state index in [1.807, 2.05) is 7.11 Å². The van der Waals surface area contributed by atoms with Crippen LogP contribution < -0.4 is 4.74 Å². The third kappa shape index (κ3) is 4.09. The summed E-state index contributed by atoms with van der Waals surface area (Å²) >= 11 is 0. The number of carbonyl (C=O) groups is 1. The van der Waals surface area contributed by atoms with Gasteiger partial charge in [-0.3, -0.25) is 14.9 Å². The zero-order chi connectivity index (χ0) is 25.7. The van der Waals surface area contributed by atoms with Crippen LogP contribution in [0.25, 0.3) is 0 Å². The van der Waals surface area contributed by atoms with Gasteiger partial charge < -0.3 is 9.47 Å². The molecule has 0 amide bonds. The second-order valence-corrected chi connectivity index (χ2v) is 12.5. The molecule has 5 rings (SSSR count). The molecule has 6 heteroatoms. The van der Waals surface area contributed by atoms with Crippen molar-refractivity contribution in [2.24, 2.45) is 40.4 Å². The Hall–Kier alpha value is -2.21.